The van der Waals surface area contributed by atoms with Gasteiger partial charge in [0.25, 0.3) is 0 Å². The first-order valence-corrected chi connectivity index (χ1v) is 14.0. The Morgan fingerprint density at radius 3 is 1.34 bits per heavy atom. The maximum atomic E-state index is 12.5. The van der Waals surface area contributed by atoms with Gasteiger partial charge in [0.15, 0.2) is 0 Å². The van der Waals surface area contributed by atoms with Crippen LogP contribution in [0.3, 0.4) is 0 Å². The van der Waals surface area contributed by atoms with Gasteiger partial charge in [0, 0.05) is 38.3 Å². The number of carbonyl (C=O) groups excluding carboxylic acids is 2. The summed E-state index contributed by atoms with van der Waals surface area (Å²) in [5.41, 5.74) is 0. The van der Waals surface area contributed by atoms with Crippen LogP contribution >= 0.6 is 0 Å². The molecule has 2 amide bonds. The van der Waals surface area contributed by atoms with E-state index < -0.39 is 125 Å². The van der Waals surface area contributed by atoms with Crippen LogP contribution in [0.25, 0.3) is 0 Å². The lowest BCUT2D eigenvalue weighted by atomic mass is 9.94. The highest BCUT2D eigenvalue weighted by Crippen LogP contribution is 2.24. The van der Waals surface area contributed by atoms with Crippen molar-refractivity contribution in [2.24, 2.45) is 0 Å². The second-order valence-electron chi connectivity index (χ2n) is 10.7. The molecule has 11 N–H and O–H groups in total. The van der Waals surface area contributed by atoms with Gasteiger partial charge in [-0.15, -0.1) is 0 Å². The van der Waals surface area contributed by atoms with Gasteiger partial charge in [-0.1, -0.05) is 6.42 Å². The second-order valence-corrected chi connectivity index (χ2v) is 10.7. The molecule has 6 atom stereocenters. The van der Waals surface area contributed by atoms with Crippen LogP contribution in [0.5, 0.6) is 0 Å². The summed E-state index contributed by atoms with van der Waals surface area (Å²) in [6, 6.07) is -1.15. The van der Waals surface area contributed by atoms with Crippen molar-refractivity contribution in [2.75, 3.05) is 72.1 Å². The van der Waals surface area contributed by atoms with Gasteiger partial charge in [0.1, 0.15) is 12.2 Å². The number of carboxylic acid groups (broad SMARTS) is 3. The molecule has 1 fully saturated rings. The highest BCUT2D eigenvalue weighted by atomic mass is 16.4. The van der Waals surface area contributed by atoms with E-state index in [-0.39, 0.29) is 13.1 Å². The summed E-state index contributed by atoms with van der Waals surface area (Å²) in [4.78, 5) is 63.9. The van der Waals surface area contributed by atoms with Gasteiger partial charge in [-0.25, -0.2) is 0 Å². The van der Waals surface area contributed by atoms with Crippen molar-refractivity contribution in [1.82, 2.24) is 25.3 Å². The number of hydrogen-bond donors (Lipinski definition) is 11. The van der Waals surface area contributed by atoms with E-state index in [2.05, 4.69) is 10.6 Å². The molecule has 0 bridgehead atoms. The zero-order valence-electron chi connectivity index (χ0n) is 24.3. The first-order valence-electron chi connectivity index (χ1n) is 14.0. The summed E-state index contributed by atoms with van der Waals surface area (Å²) in [6.07, 6.45) is -4.52. The first kappa shape index (κ1) is 39.0. The molecule has 0 aromatic heterocycles. The number of aliphatic hydroxyl groups excluding tert-OH is 6. The van der Waals surface area contributed by atoms with E-state index in [1.54, 1.807) is 4.90 Å². The van der Waals surface area contributed by atoms with Gasteiger partial charge in [0.2, 0.25) is 11.8 Å². The number of carboxylic acids is 3. The maximum absolute atomic E-state index is 12.5. The molecule has 0 aromatic carbocycles. The Bertz CT molecular complexity index is 879. The maximum Gasteiger partial charge on any atom is 0.317 e. The first-order chi connectivity index (χ1) is 20.7. The minimum atomic E-state index is -1.49. The Kier molecular flexibility index (Phi) is 17.8. The Morgan fingerprint density at radius 1 is 0.636 bits per heavy atom. The third-order valence-electron chi connectivity index (χ3n) is 7.00. The number of hydrogen-bond acceptors (Lipinski definition) is 14. The van der Waals surface area contributed by atoms with Crippen LogP contribution in [0.4, 0.5) is 0 Å². The smallest absolute Gasteiger partial charge is 0.317 e. The molecule has 1 aliphatic heterocycles. The molecule has 0 aliphatic carbocycles. The van der Waals surface area contributed by atoms with Crippen molar-refractivity contribution in [3.8, 4) is 0 Å². The van der Waals surface area contributed by atoms with E-state index in [1.165, 1.54) is 9.80 Å². The lowest BCUT2D eigenvalue weighted by molar-refractivity contribution is -0.143. The van der Waals surface area contributed by atoms with E-state index >= 15 is 0 Å². The highest BCUT2D eigenvalue weighted by Gasteiger charge is 2.35. The third-order valence-corrected chi connectivity index (χ3v) is 7.00. The van der Waals surface area contributed by atoms with Gasteiger partial charge in [-0.05, 0) is 12.8 Å². The Labute approximate surface area is 253 Å². The van der Waals surface area contributed by atoms with E-state index in [9.17, 15) is 59.7 Å². The fourth-order valence-electron chi connectivity index (χ4n) is 4.84. The minimum Gasteiger partial charge on any atom is -0.480 e. The topological polar surface area (TPSA) is 301 Å². The normalized spacial score (nSPS) is 20.1. The monoisotopic (exact) mass is 639 g/mol. The molecule has 6 unspecified atom stereocenters. The molecular formula is C25H45N5O14. The van der Waals surface area contributed by atoms with E-state index in [0.29, 0.717) is 19.3 Å². The standard InChI is InChI=1S/C25H45N5O14/c31-13-19(35)17(33)4-26-21(37)8-28(10-23(39)40)6-15-2-1-3-16(30(15)12-25(43)44)7-29(11-24(41)42)9-22(38)27-5-18(34)20(36)14-32/h15-20,31-36H,1-14H2,(H,26,37)(H,27,38)(H,39,40)(H,41,42)(H,43,44). The van der Waals surface area contributed by atoms with Crippen LogP contribution in [-0.4, -0.2) is 199 Å². The summed E-state index contributed by atoms with van der Waals surface area (Å²) < 4.78 is 0. The highest BCUT2D eigenvalue weighted by molar-refractivity contribution is 5.79. The number of nitrogens with one attached hydrogen (secondary N) is 2. The predicted molar refractivity (Wildman–Crippen MR) is 148 cm³/mol. The molecular weight excluding hydrogens is 594 g/mol. The molecule has 254 valence electrons. The Morgan fingerprint density at radius 2 is 1.02 bits per heavy atom. The van der Waals surface area contributed by atoms with Crippen molar-refractivity contribution in [3.63, 3.8) is 0 Å². The predicted octanol–water partition coefficient (Wildman–Crippen LogP) is -6.27. The Hall–Kier alpha value is -3.01. The zero-order chi connectivity index (χ0) is 33.4. The summed E-state index contributed by atoms with van der Waals surface area (Å²) >= 11 is 0. The number of rotatable bonds is 22. The third kappa shape index (κ3) is 15.1. The van der Waals surface area contributed by atoms with Gasteiger partial charge < -0.3 is 56.6 Å². The molecule has 19 nitrogen and oxygen atoms in total. The number of piperidine rings is 1. The lowest BCUT2D eigenvalue weighted by Crippen LogP contribution is -2.58. The zero-order valence-corrected chi connectivity index (χ0v) is 24.3. The van der Waals surface area contributed by atoms with Gasteiger partial charge in [-0.2, -0.15) is 0 Å². The van der Waals surface area contributed by atoms with Crippen molar-refractivity contribution < 1.29 is 69.9 Å². The summed E-state index contributed by atoms with van der Waals surface area (Å²) in [7, 11) is 0. The van der Waals surface area contributed by atoms with Crippen LogP contribution in [0.15, 0.2) is 0 Å². The number of nitrogens with zero attached hydrogens (tertiary/aromatic N) is 3. The van der Waals surface area contributed by atoms with Crippen molar-refractivity contribution >= 4 is 29.7 Å². The number of amides is 2. The molecule has 0 spiro atoms. The van der Waals surface area contributed by atoms with E-state index in [1.807, 2.05) is 0 Å². The molecule has 1 heterocycles. The van der Waals surface area contributed by atoms with Crippen LogP contribution in [0, 0.1) is 0 Å². The quantitative estimate of drug-likeness (QED) is 0.0525. The largest absolute Gasteiger partial charge is 0.480 e. The molecule has 1 aliphatic rings. The summed E-state index contributed by atoms with van der Waals surface area (Å²) in [5, 5.41) is 89.2. The van der Waals surface area contributed by atoms with Crippen LogP contribution in [0.2, 0.25) is 0 Å². The summed E-state index contributed by atoms with van der Waals surface area (Å²) in [6.45, 7) is -4.97. The van der Waals surface area contributed by atoms with Crippen LogP contribution < -0.4 is 10.6 Å². The minimum absolute atomic E-state index is 0.0597. The van der Waals surface area contributed by atoms with E-state index in [0.717, 1.165) is 0 Å². The number of likely N-dealkylation sites (tertiary alicyclic amines) is 1. The van der Waals surface area contributed by atoms with Crippen LogP contribution in [-0.2, 0) is 24.0 Å². The molecule has 19 heteroatoms. The number of aliphatic carboxylic acids is 3. The Balaban J connectivity index is 3.01. The summed E-state index contributed by atoms with van der Waals surface area (Å²) in [5.74, 6) is -5.12. The van der Waals surface area contributed by atoms with Crippen molar-refractivity contribution in [2.45, 2.75) is 55.8 Å². The average Bonchev–Trinajstić information content (AvgIpc) is 2.94. The molecule has 1 saturated heterocycles. The van der Waals surface area contributed by atoms with E-state index in [4.69, 9.17) is 10.2 Å². The fourth-order valence-corrected chi connectivity index (χ4v) is 4.84. The lowest BCUT2D eigenvalue weighted by Gasteiger charge is -2.44. The van der Waals surface area contributed by atoms with Gasteiger partial charge in [0.05, 0.1) is 58.1 Å². The van der Waals surface area contributed by atoms with Crippen LogP contribution in [0.1, 0.15) is 19.3 Å². The SMILES string of the molecule is O=C(O)CN(CC(=O)NCC(O)C(O)CO)CC1CCCC(CN(CC(=O)O)CC(=O)NCC(O)C(O)CO)N1CC(=O)O. The second kappa shape index (κ2) is 20.1. The number of aliphatic hydroxyl groups is 6. The molecule has 1 rings (SSSR count). The van der Waals surface area contributed by atoms with Gasteiger partial charge in [-0.3, -0.25) is 38.7 Å². The molecule has 0 saturated carbocycles. The van der Waals surface area contributed by atoms with Crippen molar-refractivity contribution in [3.05, 3.63) is 0 Å². The average molecular weight is 640 g/mol. The number of carbonyl (C=O) groups is 5. The molecule has 0 aromatic rings. The van der Waals surface area contributed by atoms with Gasteiger partial charge >= 0.3 is 17.9 Å². The van der Waals surface area contributed by atoms with Crippen molar-refractivity contribution in [1.29, 1.82) is 0 Å². The molecule has 44 heavy (non-hydrogen) atoms. The fraction of sp³-hybridized carbons (Fsp3) is 0.800. The molecule has 0 radical (unpaired) electrons.